The average Bonchev–Trinajstić information content (AvgIpc) is 3.13. The molecule has 0 radical (unpaired) electrons. The summed E-state index contributed by atoms with van der Waals surface area (Å²) in [6, 6.07) is 14.6. The predicted molar refractivity (Wildman–Crippen MR) is 119 cm³/mol. The van der Waals surface area contributed by atoms with Crippen LogP contribution in [0.1, 0.15) is 11.4 Å². The Morgan fingerprint density at radius 1 is 1.14 bits per heavy atom. The van der Waals surface area contributed by atoms with E-state index < -0.39 is 10.8 Å². The van der Waals surface area contributed by atoms with Crippen molar-refractivity contribution in [1.29, 1.82) is 0 Å². The minimum Gasteiger partial charge on any atom is -0.495 e. The molecule has 1 atom stereocenters. The first kappa shape index (κ1) is 19.9. The summed E-state index contributed by atoms with van der Waals surface area (Å²) < 4.78 is 16.9. The van der Waals surface area contributed by atoms with Crippen molar-refractivity contribution in [2.75, 3.05) is 51.0 Å². The lowest BCUT2D eigenvalue weighted by molar-refractivity contribution is 0.260. The van der Waals surface area contributed by atoms with Crippen molar-refractivity contribution >= 4 is 27.5 Å². The molecule has 1 fully saturated rings. The average molecular weight is 413 g/mol. The van der Waals surface area contributed by atoms with Crippen LogP contribution < -0.4 is 9.64 Å². The molecule has 154 valence electrons. The molecule has 1 aliphatic heterocycles. The van der Waals surface area contributed by atoms with Gasteiger partial charge in [0.15, 0.2) is 0 Å². The third kappa shape index (κ3) is 4.79. The SMILES string of the molecule is COc1ccccc1N1CCN(CCc2ccc3nc(CS(C)=O)[nH]c3c2)CC1. The monoisotopic (exact) mass is 412 g/mol. The van der Waals surface area contributed by atoms with Gasteiger partial charge in [-0.05, 0) is 36.2 Å². The van der Waals surface area contributed by atoms with Crippen molar-refractivity contribution in [1.82, 2.24) is 14.9 Å². The number of methoxy groups -OCH3 is 1. The van der Waals surface area contributed by atoms with E-state index in [9.17, 15) is 4.21 Å². The van der Waals surface area contributed by atoms with Crippen molar-refractivity contribution in [3.63, 3.8) is 0 Å². The smallest absolute Gasteiger partial charge is 0.142 e. The van der Waals surface area contributed by atoms with Crippen LogP contribution in [0.15, 0.2) is 42.5 Å². The molecule has 1 aliphatic rings. The summed E-state index contributed by atoms with van der Waals surface area (Å²) in [7, 11) is 0.846. The van der Waals surface area contributed by atoms with Crippen LogP contribution in [0.2, 0.25) is 0 Å². The van der Waals surface area contributed by atoms with Crippen LogP contribution >= 0.6 is 0 Å². The third-order valence-corrected chi connectivity index (χ3v) is 6.13. The van der Waals surface area contributed by atoms with E-state index in [0.717, 1.165) is 61.8 Å². The predicted octanol–water partition coefficient (Wildman–Crippen LogP) is 2.81. The molecule has 1 saturated heterocycles. The number of H-pyrrole nitrogens is 1. The number of nitrogens with zero attached hydrogens (tertiary/aromatic N) is 3. The van der Waals surface area contributed by atoms with Crippen molar-refractivity contribution < 1.29 is 8.95 Å². The Morgan fingerprint density at radius 2 is 1.93 bits per heavy atom. The maximum Gasteiger partial charge on any atom is 0.142 e. The number of fused-ring (bicyclic) bond motifs is 1. The molecule has 3 aromatic rings. The van der Waals surface area contributed by atoms with Gasteiger partial charge in [0.25, 0.3) is 0 Å². The Morgan fingerprint density at radius 3 is 2.69 bits per heavy atom. The number of nitrogens with one attached hydrogen (secondary N) is 1. The Kier molecular flexibility index (Phi) is 6.16. The van der Waals surface area contributed by atoms with Gasteiger partial charge in [-0.25, -0.2) is 4.98 Å². The van der Waals surface area contributed by atoms with E-state index in [2.05, 4.69) is 50.1 Å². The lowest BCUT2D eigenvalue weighted by atomic mass is 10.1. The van der Waals surface area contributed by atoms with E-state index in [1.54, 1.807) is 13.4 Å². The number of rotatable bonds is 7. The van der Waals surface area contributed by atoms with Crippen LogP contribution in [-0.4, -0.2) is 65.2 Å². The Labute approximate surface area is 174 Å². The highest BCUT2D eigenvalue weighted by atomic mass is 32.2. The first-order valence-electron chi connectivity index (χ1n) is 10.0. The highest BCUT2D eigenvalue weighted by Gasteiger charge is 2.19. The van der Waals surface area contributed by atoms with Gasteiger partial charge < -0.3 is 14.6 Å². The standard InChI is InChI=1S/C22H28N4O2S/c1-28-21-6-4-3-5-20(21)26-13-11-25(12-14-26)10-9-17-7-8-18-19(15-17)24-22(23-18)16-29(2)27/h3-8,15H,9-14,16H2,1-2H3,(H,23,24). The van der Waals surface area contributed by atoms with E-state index >= 15 is 0 Å². The summed E-state index contributed by atoms with van der Waals surface area (Å²) in [6.07, 6.45) is 2.71. The van der Waals surface area contributed by atoms with Crippen molar-refractivity contribution in [3.05, 3.63) is 53.9 Å². The quantitative estimate of drug-likeness (QED) is 0.647. The third-order valence-electron chi connectivity index (χ3n) is 5.45. The van der Waals surface area contributed by atoms with E-state index in [1.165, 1.54) is 11.3 Å². The van der Waals surface area contributed by atoms with Crippen LogP contribution in [0.3, 0.4) is 0 Å². The van der Waals surface area contributed by atoms with Crippen molar-refractivity contribution in [3.8, 4) is 5.75 Å². The first-order chi connectivity index (χ1) is 14.1. The molecule has 0 bridgehead atoms. The van der Waals surface area contributed by atoms with Crippen LogP contribution in [0.5, 0.6) is 5.75 Å². The number of anilines is 1. The fraction of sp³-hybridized carbons (Fsp3) is 0.409. The second kappa shape index (κ2) is 8.97. The minimum atomic E-state index is -0.887. The molecule has 1 aromatic heterocycles. The van der Waals surface area contributed by atoms with Crippen LogP contribution in [0, 0.1) is 0 Å². The maximum atomic E-state index is 11.4. The summed E-state index contributed by atoms with van der Waals surface area (Å²) in [5.74, 6) is 2.21. The zero-order valence-electron chi connectivity index (χ0n) is 17.1. The zero-order valence-corrected chi connectivity index (χ0v) is 17.9. The second-order valence-electron chi connectivity index (χ2n) is 7.50. The fourth-order valence-corrected chi connectivity index (χ4v) is 4.44. The van der Waals surface area contributed by atoms with Gasteiger partial charge in [0.1, 0.15) is 11.6 Å². The molecule has 0 saturated carbocycles. The zero-order chi connectivity index (χ0) is 20.2. The Bertz CT molecular complexity index is 995. The molecule has 1 N–H and O–H groups in total. The largest absolute Gasteiger partial charge is 0.495 e. The molecule has 0 amide bonds. The van der Waals surface area contributed by atoms with Gasteiger partial charge >= 0.3 is 0 Å². The summed E-state index contributed by atoms with van der Waals surface area (Å²) in [6.45, 7) is 5.17. The normalized spacial score (nSPS) is 16.3. The number of hydrogen-bond acceptors (Lipinski definition) is 5. The van der Waals surface area contributed by atoms with E-state index in [1.807, 2.05) is 12.1 Å². The van der Waals surface area contributed by atoms with Crippen LogP contribution in [0.25, 0.3) is 11.0 Å². The topological polar surface area (TPSA) is 61.5 Å². The number of para-hydroxylation sites is 2. The van der Waals surface area contributed by atoms with Gasteiger partial charge in [-0.2, -0.15) is 0 Å². The summed E-state index contributed by atoms with van der Waals surface area (Å²) >= 11 is 0. The lowest BCUT2D eigenvalue weighted by Crippen LogP contribution is -2.47. The number of aromatic nitrogens is 2. The van der Waals surface area contributed by atoms with Gasteiger partial charge in [0.2, 0.25) is 0 Å². The Balaban J connectivity index is 1.32. The molecule has 6 nitrogen and oxygen atoms in total. The van der Waals surface area contributed by atoms with Crippen LogP contribution in [0.4, 0.5) is 5.69 Å². The molecule has 1 unspecified atom stereocenters. The molecular formula is C22H28N4O2S. The molecule has 2 aromatic carbocycles. The van der Waals surface area contributed by atoms with E-state index in [-0.39, 0.29) is 0 Å². The van der Waals surface area contributed by atoms with Gasteiger partial charge in [0, 0.05) is 49.8 Å². The minimum absolute atomic E-state index is 0.473. The van der Waals surface area contributed by atoms with Gasteiger partial charge in [-0.3, -0.25) is 9.11 Å². The summed E-state index contributed by atoms with van der Waals surface area (Å²) in [5.41, 5.74) is 4.46. The number of aromatic amines is 1. The van der Waals surface area contributed by atoms with Gasteiger partial charge in [0.05, 0.1) is 29.6 Å². The number of imidazole rings is 1. The summed E-state index contributed by atoms with van der Waals surface area (Å²) in [4.78, 5) is 12.8. The van der Waals surface area contributed by atoms with Gasteiger partial charge in [-0.1, -0.05) is 18.2 Å². The number of ether oxygens (including phenoxy) is 1. The molecular weight excluding hydrogens is 384 g/mol. The van der Waals surface area contributed by atoms with E-state index in [4.69, 9.17) is 4.74 Å². The van der Waals surface area contributed by atoms with Crippen molar-refractivity contribution in [2.45, 2.75) is 12.2 Å². The molecule has 2 heterocycles. The molecule has 29 heavy (non-hydrogen) atoms. The Hall–Kier alpha value is -2.38. The molecule has 4 rings (SSSR count). The van der Waals surface area contributed by atoms with E-state index in [0.29, 0.717) is 5.75 Å². The number of benzene rings is 2. The number of hydrogen-bond donors (Lipinski definition) is 1. The number of piperazine rings is 1. The molecule has 0 spiro atoms. The molecule has 0 aliphatic carbocycles. The highest BCUT2D eigenvalue weighted by molar-refractivity contribution is 7.83. The summed E-state index contributed by atoms with van der Waals surface area (Å²) in [5, 5.41) is 0. The lowest BCUT2D eigenvalue weighted by Gasteiger charge is -2.36. The van der Waals surface area contributed by atoms with Crippen LogP contribution in [-0.2, 0) is 23.0 Å². The maximum absolute atomic E-state index is 11.4. The highest BCUT2D eigenvalue weighted by Crippen LogP contribution is 2.28. The molecule has 7 heteroatoms. The second-order valence-corrected chi connectivity index (χ2v) is 8.94. The van der Waals surface area contributed by atoms with Crippen molar-refractivity contribution in [2.24, 2.45) is 0 Å². The first-order valence-corrected chi connectivity index (χ1v) is 11.7. The fourth-order valence-electron chi connectivity index (χ4n) is 3.92. The van der Waals surface area contributed by atoms with Gasteiger partial charge in [-0.15, -0.1) is 0 Å².